The SMILES string of the molecule is COC1CC(Oc2ccnc(C#N)c2)C1. The lowest BCUT2D eigenvalue weighted by Gasteiger charge is -2.34. The monoisotopic (exact) mass is 204 g/mol. The Labute approximate surface area is 88.5 Å². The Kier molecular flexibility index (Phi) is 2.84. The number of hydrogen-bond acceptors (Lipinski definition) is 4. The van der Waals surface area contributed by atoms with Crippen LogP contribution in [-0.2, 0) is 4.74 Å². The van der Waals surface area contributed by atoms with E-state index in [1.807, 2.05) is 6.07 Å². The van der Waals surface area contributed by atoms with Crippen LogP contribution in [0, 0.1) is 11.3 Å². The van der Waals surface area contributed by atoms with Gasteiger partial charge in [-0.25, -0.2) is 4.98 Å². The molecule has 1 saturated carbocycles. The van der Waals surface area contributed by atoms with Crippen LogP contribution in [0.2, 0.25) is 0 Å². The Balaban J connectivity index is 1.92. The van der Waals surface area contributed by atoms with Gasteiger partial charge in [0, 0.05) is 32.2 Å². The maximum atomic E-state index is 8.66. The Bertz CT molecular complexity index is 380. The molecule has 0 spiro atoms. The molecule has 0 atom stereocenters. The van der Waals surface area contributed by atoms with E-state index in [9.17, 15) is 0 Å². The quantitative estimate of drug-likeness (QED) is 0.748. The van der Waals surface area contributed by atoms with E-state index in [1.165, 1.54) is 0 Å². The summed E-state index contributed by atoms with van der Waals surface area (Å²) < 4.78 is 10.8. The van der Waals surface area contributed by atoms with Gasteiger partial charge >= 0.3 is 0 Å². The van der Waals surface area contributed by atoms with Gasteiger partial charge in [0.05, 0.1) is 6.10 Å². The van der Waals surface area contributed by atoms with Gasteiger partial charge in [-0.3, -0.25) is 0 Å². The molecule has 0 radical (unpaired) electrons. The first-order chi connectivity index (χ1) is 7.31. The molecule has 0 bridgehead atoms. The average molecular weight is 204 g/mol. The molecular weight excluding hydrogens is 192 g/mol. The van der Waals surface area contributed by atoms with Crippen LogP contribution < -0.4 is 4.74 Å². The summed E-state index contributed by atoms with van der Waals surface area (Å²) in [5.41, 5.74) is 0.384. The predicted octanol–water partition coefficient (Wildman–Crippen LogP) is 1.51. The van der Waals surface area contributed by atoms with Gasteiger partial charge in [-0.05, 0) is 6.07 Å². The Morgan fingerprint density at radius 2 is 2.27 bits per heavy atom. The van der Waals surface area contributed by atoms with Crippen molar-refractivity contribution in [2.75, 3.05) is 7.11 Å². The zero-order valence-corrected chi connectivity index (χ0v) is 8.51. The van der Waals surface area contributed by atoms with Gasteiger partial charge in [0.25, 0.3) is 0 Å². The maximum Gasteiger partial charge on any atom is 0.144 e. The predicted molar refractivity (Wildman–Crippen MR) is 53.4 cm³/mol. The Morgan fingerprint density at radius 3 is 2.93 bits per heavy atom. The van der Waals surface area contributed by atoms with Crippen LogP contribution >= 0.6 is 0 Å². The molecule has 1 heterocycles. The Morgan fingerprint density at radius 1 is 1.47 bits per heavy atom. The van der Waals surface area contributed by atoms with Crippen LogP contribution in [0.1, 0.15) is 18.5 Å². The number of methoxy groups -OCH3 is 1. The highest BCUT2D eigenvalue weighted by Crippen LogP contribution is 2.27. The molecule has 1 aliphatic rings. The molecule has 78 valence electrons. The van der Waals surface area contributed by atoms with Crippen molar-refractivity contribution in [2.24, 2.45) is 0 Å². The number of aromatic nitrogens is 1. The van der Waals surface area contributed by atoms with Gasteiger partial charge in [0.2, 0.25) is 0 Å². The van der Waals surface area contributed by atoms with Crippen LogP contribution in [0.15, 0.2) is 18.3 Å². The third-order valence-electron chi connectivity index (χ3n) is 2.53. The molecule has 0 amide bonds. The third-order valence-corrected chi connectivity index (χ3v) is 2.53. The van der Waals surface area contributed by atoms with Crippen LogP contribution in [-0.4, -0.2) is 24.3 Å². The number of nitriles is 1. The summed E-state index contributed by atoms with van der Waals surface area (Å²) in [6, 6.07) is 5.40. The van der Waals surface area contributed by atoms with Crippen molar-refractivity contribution in [3.05, 3.63) is 24.0 Å². The molecule has 1 aliphatic carbocycles. The molecule has 1 aromatic heterocycles. The van der Waals surface area contributed by atoms with Crippen LogP contribution in [0.3, 0.4) is 0 Å². The number of hydrogen-bond donors (Lipinski definition) is 0. The van der Waals surface area contributed by atoms with E-state index in [2.05, 4.69) is 4.98 Å². The largest absolute Gasteiger partial charge is 0.490 e. The minimum atomic E-state index is 0.212. The van der Waals surface area contributed by atoms with E-state index >= 15 is 0 Å². The van der Waals surface area contributed by atoms with E-state index in [0.29, 0.717) is 17.5 Å². The second kappa shape index (κ2) is 4.28. The molecule has 0 saturated heterocycles. The lowest BCUT2D eigenvalue weighted by molar-refractivity contribution is -0.0381. The lowest BCUT2D eigenvalue weighted by Crippen LogP contribution is -2.38. The first kappa shape index (κ1) is 9.94. The van der Waals surface area contributed by atoms with Crippen molar-refractivity contribution in [1.82, 2.24) is 4.98 Å². The molecule has 0 aliphatic heterocycles. The second-order valence-electron chi connectivity index (χ2n) is 3.56. The molecule has 0 N–H and O–H groups in total. The van der Waals surface area contributed by atoms with Crippen molar-refractivity contribution >= 4 is 0 Å². The number of pyridine rings is 1. The van der Waals surface area contributed by atoms with Gasteiger partial charge in [-0.1, -0.05) is 0 Å². The second-order valence-corrected chi connectivity index (χ2v) is 3.56. The number of nitrogens with zero attached hydrogens (tertiary/aromatic N) is 2. The van der Waals surface area contributed by atoms with Crippen LogP contribution in [0.4, 0.5) is 0 Å². The first-order valence-corrected chi connectivity index (χ1v) is 4.87. The maximum absolute atomic E-state index is 8.66. The fourth-order valence-corrected chi connectivity index (χ4v) is 1.54. The standard InChI is InChI=1S/C11H12N2O2/c1-14-10-5-11(6-10)15-9-2-3-13-8(4-9)7-12/h2-4,10-11H,5-6H2,1H3. The highest BCUT2D eigenvalue weighted by atomic mass is 16.5. The molecule has 4 nitrogen and oxygen atoms in total. The van der Waals surface area contributed by atoms with Crippen molar-refractivity contribution in [1.29, 1.82) is 5.26 Å². The molecule has 15 heavy (non-hydrogen) atoms. The highest BCUT2D eigenvalue weighted by molar-refractivity contribution is 5.30. The van der Waals surface area contributed by atoms with Crippen molar-refractivity contribution < 1.29 is 9.47 Å². The zero-order chi connectivity index (χ0) is 10.7. The third kappa shape index (κ3) is 2.25. The van der Waals surface area contributed by atoms with Crippen molar-refractivity contribution in [3.8, 4) is 11.8 Å². The summed E-state index contributed by atoms with van der Waals surface area (Å²) in [5.74, 6) is 0.709. The molecule has 2 rings (SSSR count). The number of rotatable bonds is 3. The van der Waals surface area contributed by atoms with Gasteiger partial charge < -0.3 is 9.47 Å². The minimum Gasteiger partial charge on any atom is -0.490 e. The molecule has 0 aromatic carbocycles. The summed E-state index contributed by atoms with van der Waals surface area (Å²) >= 11 is 0. The smallest absolute Gasteiger partial charge is 0.144 e. The summed E-state index contributed by atoms with van der Waals surface area (Å²) in [5, 5.41) is 8.66. The van der Waals surface area contributed by atoms with E-state index in [-0.39, 0.29) is 6.10 Å². The summed E-state index contributed by atoms with van der Waals surface area (Å²) in [7, 11) is 1.71. The van der Waals surface area contributed by atoms with Crippen molar-refractivity contribution in [2.45, 2.75) is 25.0 Å². The van der Waals surface area contributed by atoms with Gasteiger partial charge in [0.1, 0.15) is 23.6 Å². The Hall–Kier alpha value is -1.60. The van der Waals surface area contributed by atoms with E-state index in [0.717, 1.165) is 12.8 Å². The van der Waals surface area contributed by atoms with E-state index in [4.69, 9.17) is 14.7 Å². The summed E-state index contributed by atoms with van der Waals surface area (Å²) in [6.45, 7) is 0. The van der Waals surface area contributed by atoms with Gasteiger partial charge in [-0.15, -0.1) is 0 Å². The average Bonchev–Trinajstić information content (AvgIpc) is 2.23. The van der Waals surface area contributed by atoms with E-state index in [1.54, 1.807) is 25.4 Å². The van der Waals surface area contributed by atoms with E-state index < -0.39 is 0 Å². The molecular formula is C11H12N2O2. The highest BCUT2D eigenvalue weighted by Gasteiger charge is 2.30. The topological polar surface area (TPSA) is 55.1 Å². The summed E-state index contributed by atoms with van der Waals surface area (Å²) in [4.78, 5) is 3.87. The van der Waals surface area contributed by atoms with Gasteiger partial charge in [0.15, 0.2) is 0 Å². The fourth-order valence-electron chi connectivity index (χ4n) is 1.54. The normalized spacial score (nSPS) is 24.0. The van der Waals surface area contributed by atoms with Crippen molar-refractivity contribution in [3.63, 3.8) is 0 Å². The summed E-state index contributed by atoms with van der Waals surface area (Å²) in [6.07, 6.45) is 3.96. The number of ether oxygens (including phenoxy) is 2. The lowest BCUT2D eigenvalue weighted by atomic mass is 9.92. The van der Waals surface area contributed by atoms with Crippen LogP contribution in [0.25, 0.3) is 0 Å². The zero-order valence-electron chi connectivity index (χ0n) is 8.51. The molecule has 0 unspecified atom stereocenters. The molecule has 1 fully saturated rings. The molecule has 4 heteroatoms. The minimum absolute atomic E-state index is 0.212. The first-order valence-electron chi connectivity index (χ1n) is 4.87. The fraction of sp³-hybridized carbons (Fsp3) is 0.455. The van der Waals surface area contributed by atoms with Crippen LogP contribution in [0.5, 0.6) is 5.75 Å². The molecule has 1 aromatic rings. The van der Waals surface area contributed by atoms with Gasteiger partial charge in [-0.2, -0.15) is 5.26 Å².